The molecule has 0 aliphatic heterocycles. The van der Waals surface area contributed by atoms with Gasteiger partial charge in [-0.15, -0.1) is 0 Å². The summed E-state index contributed by atoms with van der Waals surface area (Å²) in [5.41, 5.74) is 1.66. The molecule has 0 bridgehead atoms. The minimum Gasteiger partial charge on any atom is -0.484 e. The van der Waals surface area contributed by atoms with Crippen LogP contribution < -0.4 is 10.1 Å². The Hall–Kier alpha value is -2.93. The van der Waals surface area contributed by atoms with Crippen molar-refractivity contribution in [1.82, 2.24) is 9.78 Å². The summed E-state index contributed by atoms with van der Waals surface area (Å²) >= 11 is 18.6. The smallest absolute Gasteiger partial charge is 0.292 e. The van der Waals surface area contributed by atoms with Gasteiger partial charge in [-0.05, 0) is 42.8 Å². The summed E-state index contributed by atoms with van der Waals surface area (Å²) in [5, 5.41) is 8.67. The lowest BCUT2D eigenvalue weighted by Crippen LogP contribution is -2.12. The van der Waals surface area contributed by atoms with E-state index in [2.05, 4.69) is 10.4 Å². The first kappa shape index (κ1) is 22.3. The van der Waals surface area contributed by atoms with Gasteiger partial charge in [-0.2, -0.15) is 5.10 Å². The molecule has 0 aliphatic carbocycles. The van der Waals surface area contributed by atoms with Gasteiger partial charge in [-0.1, -0.05) is 53.0 Å². The van der Waals surface area contributed by atoms with Crippen molar-refractivity contribution in [2.75, 3.05) is 5.32 Å². The molecule has 164 valence electrons. The van der Waals surface area contributed by atoms with E-state index in [9.17, 15) is 4.79 Å². The van der Waals surface area contributed by atoms with Crippen molar-refractivity contribution in [3.63, 3.8) is 0 Å². The van der Waals surface area contributed by atoms with Crippen molar-refractivity contribution < 1.29 is 13.9 Å². The van der Waals surface area contributed by atoms with Crippen molar-refractivity contribution in [3.8, 4) is 5.75 Å². The van der Waals surface area contributed by atoms with Gasteiger partial charge in [0, 0.05) is 27.9 Å². The zero-order valence-electron chi connectivity index (χ0n) is 16.9. The number of aryl methyl sites for hydroxylation is 1. The summed E-state index contributed by atoms with van der Waals surface area (Å²) < 4.78 is 13.0. The highest BCUT2D eigenvalue weighted by Crippen LogP contribution is 2.29. The number of hydrogen-bond acceptors (Lipinski definition) is 4. The SMILES string of the molecule is Cc1cccc(Cl)c1OCc1ccc(C(=O)Nc2ccn(Cc3c(Cl)cccc3Cl)n2)o1. The second-order valence-electron chi connectivity index (χ2n) is 6.99. The van der Waals surface area contributed by atoms with E-state index in [0.717, 1.165) is 11.1 Å². The summed E-state index contributed by atoms with van der Waals surface area (Å²) in [5.74, 6) is 1.17. The molecule has 4 rings (SSSR count). The van der Waals surface area contributed by atoms with Crippen LogP contribution in [0.3, 0.4) is 0 Å². The lowest BCUT2D eigenvalue weighted by molar-refractivity contribution is 0.0992. The molecule has 6 nitrogen and oxygen atoms in total. The number of para-hydroxylation sites is 1. The molecule has 32 heavy (non-hydrogen) atoms. The van der Waals surface area contributed by atoms with Gasteiger partial charge in [0.05, 0.1) is 11.6 Å². The second kappa shape index (κ2) is 9.69. The standard InChI is InChI=1S/C23H18Cl3N3O3/c1-14-4-2-7-19(26)22(14)31-13-15-8-9-20(32-15)23(30)27-21-10-11-29(28-21)12-16-17(24)5-3-6-18(16)25/h2-11H,12-13H2,1H3,(H,27,28,30). The lowest BCUT2D eigenvalue weighted by atomic mass is 10.2. The Morgan fingerprint density at radius 2 is 1.75 bits per heavy atom. The van der Waals surface area contributed by atoms with Crippen LogP contribution in [0.5, 0.6) is 5.75 Å². The normalized spacial score (nSPS) is 10.9. The summed E-state index contributed by atoms with van der Waals surface area (Å²) in [6.45, 7) is 2.42. The first-order valence-corrected chi connectivity index (χ1v) is 10.8. The van der Waals surface area contributed by atoms with Gasteiger partial charge in [-0.3, -0.25) is 9.48 Å². The molecule has 0 radical (unpaired) electrons. The topological polar surface area (TPSA) is 69.3 Å². The van der Waals surface area contributed by atoms with E-state index in [-0.39, 0.29) is 12.4 Å². The zero-order chi connectivity index (χ0) is 22.7. The zero-order valence-corrected chi connectivity index (χ0v) is 19.2. The van der Waals surface area contributed by atoms with Gasteiger partial charge >= 0.3 is 0 Å². The number of ether oxygens (including phenoxy) is 1. The molecule has 1 N–H and O–H groups in total. The number of carbonyl (C=O) groups is 1. The molecule has 0 fully saturated rings. The van der Waals surface area contributed by atoms with E-state index in [4.69, 9.17) is 44.0 Å². The maximum atomic E-state index is 12.5. The van der Waals surface area contributed by atoms with Crippen molar-refractivity contribution in [3.05, 3.63) is 98.5 Å². The summed E-state index contributed by atoms with van der Waals surface area (Å²) in [6.07, 6.45) is 1.72. The van der Waals surface area contributed by atoms with Crippen molar-refractivity contribution in [2.45, 2.75) is 20.1 Å². The number of amides is 1. The van der Waals surface area contributed by atoms with Gasteiger partial charge in [-0.25, -0.2) is 0 Å². The fraction of sp³-hybridized carbons (Fsp3) is 0.130. The summed E-state index contributed by atoms with van der Waals surface area (Å²) in [7, 11) is 0. The number of carbonyl (C=O) groups excluding carboxylic acids is 1. The molecular formula is C23H18Cl3N3O3. The Bertz CT molecular complexity index is 1230. The maximum absolute atomic E-state index is 12.5. The molecule has 0 unspecified atom stereocenters. The predicted octanol–water partition coefficient (Wildman–Crippen LogP) is 6.62. The maximum Gasteiger partial charge on any atom is 0.292 e. The first-order chi connectivity index (χ1) is 15.4. The Balaban J connectivity index is 1.37. The highest BCUT2D eigenvalue weighted by atomic mass is 35.5. The number of rotatable bonds is 7. The molecule has 2 aromatic carbocycles. The van der Waals surface area contributed by atoms with Crippen molar-refractivity contribution in [1.29, 1.82) is 0 Å². The lowest BCUT2D eigenvalue weighted by Gasteiger charge is -2.09. The van der Waals surface area contributed by atoms with Crippen molar-refractivity contribution >= 4 is 46.5 Å². The number of aromatic nitrogens is 2. The number of benzene rings is 2. The third-order valence-electron chi connectivity index (χ3n) is 4.67. The van der Waals surface area contributed by atoms with E-state index >= 15 is 0 Å². The number of nitrogens with zero attached hydrogens (tertiary/aromatic N) is 2. The average Bonchev–Trinajstić information content (AvgIpc) is 3.40. The van der Waals surface area contributed by atoms with Gasteiger partial charge in [0.1, 0.15) is 18.1 Å². The number of anilines is 1. The van der Waals surface area contributed by atoms with Crippen LogP contribution in [0.2, 0.25) is 15.1 Å². The van der Waals surface area contributed by atoms with Gasteiger partial charge in [0.2, 0.25) is 0 Å². The van der Waals surface area contributed by atoms with Crippen LogP contribution in [-0.4, -0.2) is 15.7 Å². The van der Waals surface area contributed by atoms with Crippen LogP contribution in [0.25, 0.3) is 0 Å². The van der Waals surface area contributed by atoms with Crippen LogP contribution in [0.1, 0.15) is 27.4 Å². The highest BCUT2D eigenvalue weighted by Gasteiger charge is 2.15. The third kappa shape index (κ3) is 5.10. The van der Waals surface area contributed by atoms with E-state index in [1.807, 2.05) is 19.1 Å². The number of furan rings is 1. The summed E-state index contributed by atoms with van der Waals surface area (Å²) in [4.78, 5) is 12.5. The predicted molar refractivity (Wildman–Crippen MR) is 125 cm³/mol. The molecule has 9 heteroatoms. The van der Waals surface area contributed by atoms with Crippen LogP contribution in [0, 0.1) is 6.92 Å². The largest absolute Gasteiger partial charge is 0.484 e. The van der Waals surface area contributed by atoms with E-state index in [1.54, 1.807) is 53.3 Å². The molecule has 0 saturated heterocycles. The molecule has 2 heterocycles. The molecule has 0 saturated carbocycles. The quantitative estimate of drug-likeness (QED) is 0.316. The van der Waals surface area contributed by atoms with Crippen molar-refractivity contribution in [2.24, 2.45) is 0 Å². The molecule has 4 aromatic rings. The molecule has 0 atom stereocenters. The summed E-state index contributed by atoms with van der Waals surface area (Å²) in [6, 6.07) is 15.7. The van der Waals surface area contributed by atoms with Crippen LogP contribution >= 0.6 is 34.8 Å². The first-order valence-electron chi connectivity index (χ1n) is 9.65. The minimum absolute atomic E-state index is 0.142. The van der Waals surface area contributed by atoms with Crippen LogP contribution in [0.15, 0.2) is 65.2 Å². The molecular weight excluding hydrogens is 473 g/mol. The number of halogens is 3. The van der Waals surface area contributed by atoms with E-state index in [0.29, 0.717) is 38.9 Å². The van der Waals surface area contributed by atoms with Gasteiger partial charge < -0.3 is 14.5 Å². The van der Waals surface area contributed by atoms with Gasteiger partial charge in [0.25, 0.3) is 5.91 Å². The fourth-order valence-corrected chi connectivity index (χ4v) is 3.85. The Morgan fingerprint density at radius 3 is 2.50 bits per heavy atom. The molecule has 0 spiro atoms. The fourth-order valence-electron chi connectivity index (χ4n) is 3.06. The highest BCUT2D eigenvalue weighted by molar-refractivity contribution is 6.36. The van der Waals surface area contributed by atoms with Gasteiger partial charge in [0.15, 0.2) is 11.6 Å². The molecule has 0 aliphatic rings. The van der Waals surface area contributed by atoms with E-state index in [1.165, 1.54) is 0 Å². The Kier molecular flexibility index (Phi) is 6.74. The third-order valence-corrected chi connectivity index (χ3v) is 5.68. The van der Waals surface area contributed by atoms with Crippen LogP contribution in [0.4, 0.5) is 5.82 Å². The minimum atomic E-state index is -0.425. The number of hydrogen-bond donors (Lipinski definition) is 1. The van der Waals surface area contributed by atoms with E-state index < -0.39 is 5.91 Å². The average molecular weight is 491 g/mol. The monoisotopic (exact) mass is 489 g/mol. The Morgan fingerprint density at radius 1 is 1.03 bits per heavy atom. The molecule has 1 amide bonds. The van der Waals surface area contributed by atoms with Crippen LogP contribution in [-0.2, 0) is 13.2 Å². The molecule has 2 aromatic heterocycles. The Labute approximate surface area is 199 Å². The second-order valence-corrected chi connectivity index (χ2v) is 8.21. The number of nitrogens with one attached hydrogen (secondary N) is 1.